The summed E-state index contributed by atoms with van der Waals surface area (Å²) in [5.74, 6) is -7.02. The molecule has 0 aliphatic carbocycles. The van der Waals surface area contributed by atoms with E-state index in [9.17, 15) is 22.4 Å². The summed E-state index contributed by atoms with van der Waals surface area (Å²) in [6.07, 6.45) is 0. The molecular formula is C9H6F4O3. The third-order valence-corrected chi connectivity index (χ3v) is 1.69. The van der Waals surface area contributed by atoms with Crippen molar-refractivity contribution >= 4 is 5.97 Å². The molecule has 1 aromatic rings. The lowest BCUT2D eigenvalue weighted by atomic mass is 10.1. The van der Waals surface area contributed by atoms with Gasteiger partial charge in [-0.15, -0.1) is 0 Å². The van der Waals surface area contributed by atoms with Crippen molar-refractivity contribution in [2.45, 2.75) is 12.5 Å². The second kappa shape index (κ2) is 4.38. The number of carboxylic acids is 1. The molecular weight excluding hydrogens is 232 g/mol. The van der Waals surface area contributed by atoms with Gasteiger partial charge in [0, 0.05) is 5.56 Å². The smallest absolute Gasteiger partial charge is 0.387 e. The van der Waals surface area contributed by atoms with E-state index in [4.69, 9.17) is 5.11 Å². The first kappa shape index (κ1) is 12.3. The maximum absolute atomic E-state index is 13.0. The third-order valence-electron chi connectivity index (χ3n) is 1.69. The molecule has 3 nitrogen and oxygen atoms in total. The summed E-state index contributed by atoms with van der Waals surface area (Å²) in [6, 6.07) is 3.39. The number of carbonyl (C=O) groups is 1. The van der Waals surface area contributed by atoms with Crippen LogP contribution in [0.1, 0.15) is 5.56 Å². The number of hydrogen-bond acceptors (Lipinski definition) is 2. The molecule has 0 aliphatic rings. The molecule has 88 valence electrons. The van der Waals surface area contributed by atoms with Crippen LogP contribution in [0.3, 0.4) is 0 Å². The number of ether oxygens (including phenoxy) is 1. The average molecular weight is 238 g/mol. The van der Waals surface area contributed by atoms with Crippen LogP contribution in [0.2, 0.25) is 0 Å². The minimum atomic E-state index is -4.14. The Hall–Kier alpha value is -1.79. The Morgan fingerprint density at radius 1 is 1.38 bits per heavy atom. The SMILES string of the molecule is O=C(O)C(F)(F)c1cccc(OC(F)F)c1. The first-order valence-electron chi connectivity index (χ1n) is 4.00. The van der Waals surface area contributed by atoms with E-state index in [2.05, 4.69) is 4.74 Å². The zero-order valence-corrected chi connectivity index (χ0v) is 7.66. The highest BCUT2D eigenvalue weighted by molar-refractivity contribution is 5.77. The van der Waals surface area contributed by atoms with E-state index in [0.29, 0.717) is 6.07 Å². The van der Waals surface area contributed by atoms with Gasteiger partial charge in [0.1, 0.15) is 5.75 Å². The topological polar surface area (TPSA) is 46.5 Å². The summed E-state index contributed by atoms with van der Waals surface area (Å²) in [5, 5.41) is 8.23. The van der Waals surface area contributed by atoms with Gasteiger partial charge >= 0.3 is 18.5 Å². The summed E-state index contributed by atoms with van der Waals surface area (Å²) in [5.41, 5.74) is -0.918. The van der Waals surface area contributed by atoms with Gasteiger partial charge in [-0.2, -0.15) is 17.6 Å². The molecule has 0 atom stereocenters. The van der Waals surface area contributed by atoms with Crippen molar-refractivity contribution in [3.63, 3.8) is 0 Å². The zero-order valence-electron chi connectivity index (χ0n) is 7.66. The minimum absolute atomic E-state index is 0.520. The van der Waals surface area contributed by atoms with E-state index in [1.165, 1.54) is 0 Å². The fourth-order valence-corrected chi connectivity index (χ4v) is 0.991. The highest BCUT2D eigenvalue weighted by Crippen LogP contribution is 2.30. The second-order valence-electron chi connectivity index (χ2n) is 2.79. The number of benzene rings is 1. The first-order chi connectivity index (χ1) is 7.34. The van der Waals surface area contributed by atoms with Crippen LogP contribution in [0.25, 0.3) is 0 Å². The van der Waals surface area contributed by atoms with Gasteiger partial charge in [-0.05, 0) is 12.1 Å². The molecule has 1 aromatic carbocycles. The quantitative estimate of drug-likeness (QED) is 0.819. The Bertz CT molecular complexity index is 392. The summed E-state index contributed by atoms with van der Waals surface area (Å²) in [7, 11) is 0. The number of alkyl halides is 4. The first-order valence-corrected chi connectivity index (χ1v) is 4.00. The van der Waals surface area contributed by atoms with Crippen LogP contribution in [0, 0.1) is 0 Å². The van der Waals surface area contributed by atoms with E-state index in [-0.39, 0.29) is 0 Å². The summed E-state index contributed by atoms with van der Waals surface area (Å²) in [4.78, 5) is 10.2. The lowest BCUT2D eigenvalue weighted by Crippen LogP contribution is -2.25. The van der Waals surface area contributed by atoms with E-state index >= 15 is 0 Å². The number of halogens is 4. The molecule has 16 heavy (non-hydrogen) atoms. The Labute approximate surface area is 87.3 Å². The molecule has 0 saturated heterocycles. The van der Waals surface area contributed by atoms with Crippen molar-refractivity contribution in [3.05, 3.63) is 29.8 Å². The molecule has 0 amide bonds. The molecule has 0 radical (unpaired) electrons. The minimum Gasteiger partial charge on any atom is -0.477 e. The number of aliphatic carboxylic acids is 1. The van der Waals surface area contributed by atoms with E-state index in [1.807, 2.05) is 0 Å². The third kappa shape index (κ3) is 2.62. The van der Waals surface area contributed by atoms with Crippen LogP contribution >= 0.6 is 0 Å². The van der Waals surface area contributed by atoms with Gasteiger partial charge in [-0.25, -0.2) is 4.79 Å². The fourth-order valence-electron chi connectivity index (χ4n) is 0.991. The zero-order chi connectivity index (χ0) is 12.3. The fraction of sp³-hybridized carbons (Fsp3) is 0.222. The van der Waals surface area contributed by atoms with Crippen molar-refractivity contribution in [1.82, 2.24) is 0 Å². The van der Waals surface area contributed by atoms with Crippen LogP contribution < -0.4 is 4.74 Å². The van der Waals surface area contributed by atoms with Crippen LogP contribution in [0.4, 0.5) is 17.6 Å². The Morgan fingerprint density at radius 2 is 2.00 bits per heavy atom. The Morgan fingerprint density at radius 3 is 2.50 bits per heavy atom. The number of hydrogen-bond donors (Lipinski definition) is 1. The maximum atomic E-state index is 13.0. The van der Waals surface area contributed by atoms with Gasteiger partial charge in [0.05, 0.1) is 0 Å². The van der Waals surface area contributed by atoms with Gasteiger partial charge in [0.15, 0.2) is 0 Å². The van der Waals surface area contributed by atoms with Gasteiger partial charge < -0.3 is 9.84 Å². The van der Waals surface area contributed by atoms with Crippen molar-refractivity contribution in [3.8, 4) is 5.75 Å². The van der Waals surface area contributed by atoms with Gasteiger partial charge in [0.2, 0.25) is 0 Å². The molecule has 0 saturated carbocycles. The number of carboxylic acid groups (broad SMARTS) is 1. The summed E-state index contributed by atoms with van der Waals surface area (Å²) < 4.78 is 53.3. The van der Waals surface area contributed by atoms with Crippen molar-refractivity contribution < 1.29 is 32.2 Å². The van der Waals surface area contributed by atoms with Crippen LogP contribution in [-0.4, -0.2) is 17.7 Å². The van der Waals surface area contributed by atoms with Crippen LogP contribution in [0.15, 0.2) is 24.3 Å². The predicted octanol–water partition coefficient (Wildman–Crippen LogP) is 2.46. The highest BCUT2D eigenvalue weighted by Gasteiger charge is 2.41. The molecule has 0 aromatic heterocycles. The van der Waals surface area contributed by atoms with Crippen LogP contribution in [-0.2, 0) is 10.7 Å². The average Bonchev–Trinajstić information content (AvgIpc) is 2.16. The molecule has 0 bridgehead atoms. The Kier molecular flexibility index (Phi) is 3.36. The maximum Gasteiger partial charge on any atom is 0.387 e. The molecule has 1 N–H and O–H groups in total. The second-order valence-corrected chi connectivity index (χ2v) is 2.79. The largest absolute Gasteiger partial charge is 0.477 e. The van der Waals surface area contributed by atoms with Crippen molar-refractivity contribution in [2.75, 3.05) is 0 Å². The monoisotopic (exact) mass is 238 g/mol. The molecule has 0 heterocycles. The van der Waals surface area contributed by atoms with Crippen molar-refractivity contribution in [2.24, 2.45) is 0 Å². The highest BCUT2D eigenvalue weighted by atomic mass is 19.3. The summed E-state index contributed by atoms with van der Waals surface area (Å²) in [6.45, 7) is -3.16. The standard InChI is InChI=1S/C9H6F4O3/c10-8(11)16-6-3-1-2-5(4-6)9(12,13)7(14)15/h1-4,8H,(H,14,15). The van der Waals surface area contributed by atoms with Crippen molar-refractivity contribution in [1.29, 1.82) is 0 Å². The van der Waals surface area contributed by atoms with E-state index in [0.717, 1.165) is 18.2 Å². The molecule has 7 heteroatoms. The normalized spacial score (nSPS) is 11.6. The Balaban J connectivity index is 3.03. The van der Waals surface area contributed by atoms with Gasteiger partial charge in [-0.1, -0.05) is 12.1 Å². The number of rotatable bonds is 4. The lowest BCUT2D eigenvalue weighted by Gasteiger charge is -2.12. The molecule has 0 fully saturated rings. The molecule has 1 rings (SSSR count). The molecule has 0 aliphatic heterocycles. The van der Waals surface area contributed by atoms with Gasteiger partial charge in [-0.3, -0.25) is 0 Å². The van der Waals surface area contributed by atoms with Gasteiger partial charge in [0.25, 0.3) is 0 Å². The van der Waals surface area contributed by atoms with E-state index < -0.39 is 29.8 Å². The molecule has 0 unspecified atom stereocenters. The van der Waals surface area contributed by atoms with Crippen LogP contribution in [0.5, 0.6) is 5.75 Å². The predicted molar refractivity (Wildman–Crippen MR) is 44.6 cm³/mol. The molecule has 0 spiro atoms. The van der Waals surface area contributed by atoms with E-state index in [1.54, 1.807) is 0 Å². The lowest BCUT2D eigenvalue weighted by molar-refractivity contribution is -0.166. The summed E-state index contributed by atoms with van der Waals surface area (Å²) >= 11 is 0.